The first-order chi connectivity index (χ1) is 11.8. The predicted octanol–water partition coefficient (Wildman–Crippen LogP) is 4.27. The summed E-state index contributed by atoms with van der Waals surface area (Å²) < 4.78 is 38.2. The van der Waals surface area contributed by atoms with Gasteiger partial charge >= 0.3 is 6.18 Å². The number of hydrogen-bond donors (Lipinski definition) is 2. The van der Waals surface area contributed by atoms with Gasteiger partial charge in [0.1, 0.15) is 0 Å². The summed E-state index contributed by atoms with van der Waals surface area (Å²) in [5, 5.41) is 13.6. The Labute approximate surface area is 150 Å². The van der Waals surface area contributed by atoms with Crippen LogP contribution in [0.4, 0.5) is 24.0 Å². The number of rotatable bonds is 7. The van der Waals surface area contributed by atoms with Gasteiger partial charge in [-0.05, 0) is 31.2 Å². The topological polar surface area (TPSA) is 66.9 Å². The summed E-state index contributed by atoms with van der Waals surface area (Å²) in [5.41, 5.74) is -0.461. The van der Waals surface area contributed by atoms with Crippen LogP contribution in [0.1, 0.15) is 12.5 Å². The summed E-state index contributed by atoms with van der Waals surface area (Å²) in [7, 11) is 0. The smallest absolute Gasteiger partial charge is 0.357 e. The van der Waals surface area contributed by atoms with E-state index < -0.39 is 17.0 Å². The second-order valence-electron chi connectivity index (χ2n) is 4.87. The maximum atomic E-state index is 12.5. The van der Waals surface area contributed by atoms with Gasteiger partial charge < -0.3 is 10.6 Å². The molecular weight excluding hydrogens is 373 g/mol. The fourth-order valence-electron chi connectivity index (χ4n) is 1.68. The molecule has 0 aliphatic heterocycles. The maximum Gasteiger partial charge on any atom is 0.416 e. The molecule has 5 nitrogen and oxygen atoms in total. The summed E-state index contributed by atoms with van der Waals surface area (Å²) in [6, 6.07) is 4.30. The van der Waals surface area contributed by atoms with Gasteiger partial charge in [0, 0.05) is 12.2 Å². The molecule has 2 N–H and O–H groups in total. The molecule has 0 saturated heterocycles. The van der Waals surface area contributed by atoms with Crippen molar-refractivity contribution in [2.75, 3.05) is 17.2 Å². The molecule has 0 bridgehead atoms. The van der Waals surface area contributed by atoms with E-state index in [0.717, 1.165) is 12.1 Å². The first-order valence-corrected chi connectivity index (χ1v) is 8.82. The number of amides is 1. The third kappa shape index (κ3) is 5.75. The molecule has 134 valence electrons. The molecule has 0 spiro atoms. The lowest BCUT2D eigenvalue weighted by molar-refractivity contribution is -0.137. The minimum absolute atomic E-state index is 0.302. The van der Waals surface area contributed by atoms with Crippen molar-refractivity contribution in [3.8, 4) is 0 Å². The zero-order valence-corrected chi connectivity index (χ0v) is 14.8. The lowest BCUT2D eigenvalue weighted by Gasteiger charge is -2.11. The number of aromatic nitrogens is 2. The van der Waals surface area contributed by atoms with E-state index in [2.05, 4.69) is 27.4 Å². The standard InChI is InChI=1S/C15H15F3N4OS2/c1-3-8-19-13-21-22-14(25-13)24-9(2)12(23)20-11-6-4-10(5-7-11)15(16,17)18/h3-7,9H,1,8H2,2H3,(H,19,21)(H,20,23)/t9-/m0/s1. The van der Waals surface area contributed by atoms with E-state index in [-0.39, 0.29) is 5.91 Å². The highest BCUT2D eigenvalue weighted by Gasteiger charge is 2.30. The average Bonchev–Trinajstić information content (AvgIpc) is 3.00. The number of hydrogen-bond acceptors (Lipinski definition) is 6. The molecule has 1 heterocycles. The Bertz CT molecular complexity index is 731. The van der Waals surface area contributed by atoms with Crippen LogP contribution in [0.2, 0.25) is 0 Å². The fourth-order valence-corrected chi connectivity index (χ4v) is 3.58. The van der Waals surface area contributed by atoms with Crippen molar-refractivity contribution in [3.05, 3.63) is 42.5 Å². The minimum Gasteiger partial charge on any atom is -0.357 e. The molecule has 1 aromatic carbocycles. The van der Waals surface area contributed by atoms with Crippen molar-refractivity contribution in [2.45, 2.75) is 22.7 Å². The maximum absolute atomic E-state index is 12.5. The van der Waals surface area contributed by atoms with Crippen LogP contribution in [0.25, 0.3) is 0 Å². The third-order valence-electron chi connectivity index (χ3n) is 2.93. The number of thioether (sulfide) groups is 1. The van der Waals surface area contributed by atoms with Crippen LogP contribution >= 0.6 is 23.1 Å². The molecule has 0 fully saturated rings. The highest BCUT2D eigenvalue weighted by Crippen LogP contribution is 2.31. The Hall–Kier alpha value is -2.07. The largest absolute Gasteiger partial charge is 0.416 e. The van der Waals surface area contributed by atoms with E-state index in [1.54, 1.807) is 13.0 Å². The van der Waals surface area contributed by atoms with Gasteiger partial charge in [-0.3, -0.25) is 4.79 Å². The van der Waals surface area contributed by atoms with Crippen molar-refractivity contribution in [2.24, 2.45) is 0 Å². The van der Waals surface area contributed by atoms with Crippen molar-refractivity contribution >= 4 is 39.8 Å². The quantitative estimate of drug-likeness (QED) is 0.548. The van der Waals surface area contributed by atoms with E-state index in [1.807, 2.05) is 0 Å². The zero-order valence-electron chi connectivity index (χ0n) is 13.1. The number of nitrogens with zero attached hydrogens (tertiary/aromatic N) is 2. The van der Waals surface area contributed by atoms with Crippen LogP contribution in [0.5, 0.6) is 0 Å². The first kappa shape index (κ1) is 19.3. The van der Waals surface area contributed by atoms with Crippen molar-refractivity contribution in [3.63, 3.8) is 0 Å². The second-order valence-corrected chi connectivity index (χ2v) is 7.43. The second kappa shape index (κ2) is 8.34. The predicted molar refractivity (Wildman–Crippen MR) is 94.0 cm³/mol. The van der Waals surface area contributed by atoms with Gasteiger partial charge in [-0.25, -0.2) is 0 Å². The summed E-state index contributed by atoms with van der Waals surface area (Å²) in [6.45, 7) is 5.83. The monoisotopic (exact) mass is 388 g/mol. The van der Waals surface area contributed by atoms with Crippen molar-refractivity contribution < 1.29 is 18.0 Å². The molecular formula is C15H15F3N4OS2. The van der Waals surface area contributed by atoms with E-state index >= 15 is 0 Å². The molecule has 1 atom stereocenters. The highest BCUT2D eigenvalue weighted by atomic mass is 32.2. The normalized spacial score (nSPS) is 12.5. The van der Waals surface area contributed by atoms with Crippen LogP contribution in [0, 0.1) is 0 Å². The lowest BCUT2D eigenvalue weighted by Crippen LogP contribution is -2.22. The van der Waals surface area contributed by atoms with Gasteiger partial charge in [0.2, 0.25) is 11.0 Å². The molecule has 0 radical (unpaired) electrons. The van der Waals surface area contributed by atoms with Crippen LogP contribution in [-0.2, 0) is 11.0 Å². The van der Waals surface area contributed by atoms with Gasteiger partial charge in [-0.15, -0.1) is 16.8 Å². The van der Waals surface area contributed by atoms with Crippen molar-refractivity contribution in [1.29, 1.82) is 0 Å². The third-order valence-corrected chi connectivity index (χ3v) is 5.00. The van der Waals surface area contributed by atoms with Crippen LogP contribution in [-0.4, -0.2) is 27.9 Å². The lowest BCUT2D eigenvalue weighted by atomic mass is 10.2. The van der Waals surface area contributed by atoms with Gasteiger partial charge in [0.05, 0.1) is 10.8 Å². The molecule has 1 amide bonds. The number of halogens is 3. The van der Waals surface area contributed by atoms with Gasteiger partial charge in [0.15, 0.2) is 4.34 Å². The summed E-state index contributed by atoms with van der Waals surface area (Å²) >= 11 is 2.53. The molecule has 0 unspecified atom stereocenters. The highest BCUT2D eigenvalue weighted by molar-refractivity contribution is 8.02. The molecule has 2 rings (SSSR count). The zero-order chi connectivity index (χ0) is 18.4. The van der Waals surface area contributed by atoms with E-state index in [9.17, 15) is 18.0 Å². The molecule has 0 aliphatic rings. The Morgan fingerprint density at radius 1 is 1.36 bits per heavy atom. The summed E-state index contributed by atoms with van der Waals surface area (Å²) in [6.07, 6.45) is -2.71. The number of benzene rings is 1. The van der Waals surface area contributed by atoms with Gasteiger partial charge in [-0.2, -0.15) is 13.2 Å². The number of anilines is 2. The Morgan fingerprint density at radius 2 is 2.04 bits per heavy atom. The number of carbonyl (C=O) groups excluding carboxylic acids is 1. The molecule has 25 heavy (non-hydrogen) atoms. The van der Waals surface area contributed by atoms with E-state index in [0.29, 0.717) is 21.7 Å². The van der Waals surface area contributed by atoms with Gasteiger partial charge in [-0.1, -0.05) is 29.2 Å². The van der Waals surface area contributed by atoms with E-state index in [1.165, 1.54) is 35.2 Å². The fraction of sp³-hybridized carbons (Fsp3) is 0.267. The minimum atomic E-state index is -4.40. The number of nitrogens with one attached hydrogen (secondary N) is 2. The van der Waals surface area contributed by atoms with Crippen LogP contribution < -0.4 is 10.6 Å². The number of carbonyl (C=O) groups is 1. The Morgan fingerprint density at radius 3 is 2.64 bits per heavy atom. The van der Waals surface area contributed by atoms with E-state index in [4.69, 9.17) is 0 Å². The molecule has 1 aromatic heterocycles. The Kier molecular flexibility index (Phi) is 6.43. The molecule has 0 aliphatic carbocycles. The van der Waals surface area contributed by atoms with Crippen LogP contribution in [0.3, 0.4) is 0 Å². The summed E-state index contributed by atoms with van der Waals surface area (Å²) in [5.74, 6) is -0.333. The Balaban J connectivity index is 1.91. The molecule has 2 aromatic rings. The first-order valence-electron chi connectivity index (χ1n) is 7.12. The number of alkyl halides is 3. The molecule has 0 saturated carbocycles. The average molecular weight is 388 g/mol. The van der Waals surface area contributed by atoms with Gasteiger partial charge in [0.25, 0.3) is 0 Å². The van der Waals surface area contributed by atoms with Crippen molar-refractivity contribution in [1.82, 2.24) is 10.2 Å². The van der Waals surface area contributed by atoms with Crippen LogP contribution in [0.15, 0.2) is 41.3 Å². The molecule has 10 heteroatoms. The summed E-state index contributed by atoms with van der Waals surface area (Å²) in [4.78, 5) is 12.2. The SMILES string of the molecule is C=CCNc1nnc(S[C@@H](C)C(=O)Nc2ccc(C(F)(F)F)cc2)s1.